The van der Waals surface area contributed by atoms with Crippen LogP contribution in [0.4, 0.5) is 17.2 Å². The molecule has 2 heterocycles. The molecule has 24 heavy (non-hydrogen) atoms. The predicted molar refractivity (Wildman–Crippen MR) is 93.3 cm³/mol. The van der Waals surface area contributed by atoms with Crippen molar-refractivity contribution in [2.24, 2.45) is 0 Å². The maximum atomic E-state index is 12.0. The predicted octanol–water partition coefficient (Wildman–Crippen LogP) is 3.98. The number of nitrogens with one attached hydrogen (secondary N) is 1. The van der Waals surface area contributed by atoms with Crippen LogP contribution in [0.15, 0.2) is 30.6 Å². The van der Waals surface area contributed by atoms with E-state index in [2.05, 4.69) is 20.1 Å². The Kier molecular flexibility index (Phi) is 4.36. The lowest BCUT2D eigenvalue weighted by Crippen LogP contribution is -2.43. The molecule has 1 aliphatic heterocycles. The number of carbonyl (C=O) groups excluding carboxylic acids is 1. The monoisotopic (exact) mass is 341 g/mol. The van der Waals surface area contributed by atoms with Crippen molar-refractivity contribution in [3.05, 3.63) is 52.7 Å². The minimum absolute atomic E-state index is 0.0101. The third kappa shape index (κ3) is 3.03. The number of anilines is 2. The Morgan fingerprint density at radius 3 is 2.83 bits per heavy atom. The van der Waals surface area contributed by atoms with E-state index >= 15 is 0 Å². The van der Waals surface area contributed by atoms with Gasteiger partial charge in [0.15, 0.2) is 5.69 Å². The molecular weight excluding hydrogens is 326 g/mol. The van der Waals surface area contributed by atoms with Crippen LogP contribution in [0.3, 0.4) is 0 Å². The van der Waals surface area contributed by atoms with E-state index in [1.807, 2.05) is 19.1 Å². The van der Waals surface area contributed by atoms with Crippen molar-refractivity contribution in [2.75, 3.05) is 10.2 Å². The number of rotatable bonds is 2. The van der Waals surface area contributed by atoms with Crippen molar-refractivity contribution in [3.8, 4) is 0 Å². The van der Waals surface area contributed by atoms with E-state index in [-0.39, 0.29) is 18.0 Å². The molecule has 7 heteroatoms. The quantitative estimate of drug-likeness (QED) is 0.839. The van der Waals surface area contributed by atoms with Gasteiger partial charge in [-0.25, -0.2) is 14.8 Å². The summed E-state index contributed by atoms with van der Waals surface area (Å²) in [5.41, 5.74) is 2.28. The third-order valence-corrected chi connectivity index (χ3v) is 4.27. The summed E-state index contributed by atoms with van der Waals surface area (Å²) in [6.07, 6.45) is 3.76. The van der Waals surface area contributed by atoms with Crippen molar-refractivity contribution < 1.29 is 4.79 Å². The normalized spacial score (nSPS) is 19.3. The molecule has 3 rings (SSSR count). The molecule has 1 aromatic heterocycles. The molecule has 0 saturated carbocycles. The highest BCUT2D eigenvalue weighted by Crippen LogP contribution is 2.40. The van der Waals surface area contributed by atoms with Crippen molar-refractivity contribution in [1.82, 2.24) is 9.97 Å². The van der Waals surface area contributed by atoms with Gasteiger partial charge in [-0.15, -0.1) is 0 Å². The molecule has 2 aromatic rings. The molecule has 0 bridgehead atoms. The Bertz CT molecular complexity index is 815. The molecule has 1 aliphatic rings. The van der Waals surface area contributed by atoms with Crippen LogP contribution < -0.4 is 10.2 Å². The Morgan fingerprint density at radius 2 is 2.21 bits per heavy atom. The van der Waals surface area contributed by atoms with Crippen molar-refractivity contribution in [1.29, 1.82) is 0 Å². The first-order valence-corrected chi connectivity index (χ1v) is 7.92. The number of hydrogen-bond acceptors (Lipinski definition) is 4. The molecule has 1 amide bonds. The number of nitrogens with zero attached hydrogens (tertiary/aromatic N) is 4. The highest BCUT2D eigenvalue weighted by atomic mass is 35.5. The zero-order chi connectivity index (χ0) is 17.3. The molecular formula is C17H16ClN5O. The molecule has 0 aliphatic carbocycles. The summed E-state index contributed by atoms with van der Waals surface area (Å²) in [5.74, 6) is 0.594. The lowest BCUT2D eigenvalue weighted by molar-refractivity contribution is -0.117. The maximum Gasteiger partial charge on any atom is 0.224 e. The summed E-state index contributed by atoms with van der Waals surface area (Å²) in [6, 6.07) is 5.36. The zero-order valence-corrected chi connectivity index (χ0v) is 14.1. The van der Waals surface area contributed by atoms with E-state index in [9.17, 15) is 4.79 Å². The molecule has 0 spiro atoms. The second-order valence-corrected chi connectivity index (χ2v) is 6.14. The Hall–Kier alpha value is -2.65. The van der Waals surface area contributed by atoms with Crippen LogP contribution in [-0.2, 0) is 4.79 Å². The van der Waals surface area contributed by atoms with Gasteiger partial charge in [-0.05, 0) is 31.0 Å². The third-order valence-electron chi connectivity index (χ3n) is 4.07. The second-order valence-electron chi connectivity index (χ2n) is 5.75. The van der Waals surface area contributed by atoms with Gasteiger partial charge in [-0.2, -0.15) is 0 Å². The molecule has 122 valence electrons. The SMILES string of the molecule is [C-]#[N+]c1ccc2c(c1)[C@H](Nc1cnc(Cl)cn1)C[C@H](C)N2C(C)=O. The smallest absolute Gasteiger partial charge is 0.224 e. The van der Waals surface area contributed by atoms with Gasteiger partial charge < -0.3 is 10.2 Å². The minimum atomic E-state index is -0.0669. The summed E-state index contributed by atoms with van der Waals surface area (Å²) in [6.45, 7) is 10.8. The number of aromatic nitrogens is 2. The standard InChI is InChI=1S/C17H16ClN5O/c1-10-6-14(22-17-9-20-16(18)8-21-17)13-7-12(19-3)4-5-15(13)23(10)11(2)24/h4-5,7-10,14H,6H2,1-2H3,(H,21,22)/t10-,14+/m0/s1. The molecule has 6 nitrogen and oxygen atoms in total. The molecule has 0 saturated heterocycles. The van der Waals surface area contributed by atoms with E-state index in [0.29, 0.717) is 23.1 Å². The van der Waals surface area contributed by atoms with Crippen molar-refractivity contribution in [3.63, 3.8) is 0 Å². The van der Waals surface area contributed by atoms with E-state index in [1.54, 1.807) is 24.1 Å². The van der Waals surface area contributed by atoms with Crippen molar-refractivity contribution >= 4 is 34.7 Å². The lowest BCUT2D eigenvalue weighted by atomic mass is 9.91. The van der Waals surface area contributed by atoms with Gasteiger partial charge in [0, 0.05) is 18.7 Å². The fourth-order valence-electron chi connectivity index (χ4n) is 3.10. The largest absolute Gasteiger partial charge is 0.362 e. The van der Waals surface area contributed by atoms with E-state index in [4.69, 9.17) is 18.2 Å². The van der Waals surface area contributed by atoms with E-state index < -0.39 is 0 Å². The average Bonchev–Trinajstić information content (AvgIpc) is 2.56. The number of benzene rings is 1. The maximum absolute atomic E-state index is 12.0. The molecule has 0 radical (unpaired) electrons. The number of halogens is 1. The van der Waals surface area contributed by atoms with Crippen LogP contribution in [0.5, 0.6) is 0 Å². The summed E-state index contributed by atoms with van der Waals surface area (Å²) in [4.78, 5) is 25.5. The van der Waals surface area contributed by atoms with E-state index in [1.165, 1.54) is 6.20 Å². The number of fused-ring (bicyclic) bond motifs is 1. The molecule has 0 unspecified atom stereocenters. The summed E-state index contributed by atoms with van der Waals surface area (Å²) in [5, 5.41) is 3.66. The van der Waals surface area contributed by atoms with Gasteiger partial charge in [0.05, 0.1) is 25.0 Å². The summed E-state index contributed by atoms with van der Waals surface area (Å²) < 4.78 is 0. The van der Waals surface area contributed by atoms with Crippen LogP contribution in [-0.4, -0.2) is 21.9 Å². The van der Waals surface area contributed by atoms with Gasteiger partial charge in [0.2, 0.25) is 5.91 Å². The summed E-state index contributed by atoms with van der Waals surface area (Å²) >= 11 is 5.77. The average molecular weight is 342 g/mol. The van der Waals surface area contributed by atoms with Gasteiger partial charge >= 0.3 is 0 Å². The Morgan fingerprint density at radius 1 is 1.42 bits per heavy atom. The number of amides is 1. The Balaban J connectivity index is 2.01. The fraction of sp³-hybridized carbons (Fsp3) is 0.294. The lowest BCUT2D eigenvalue weighted by Gasteiger charge is -2.39. The topological polar surface area (TPSA) is 62.5 Å². The first-order valence-electron chi connectivity index (χ1n) is 7.55. The molecule has 2 atom stereocenters. The second kappa shape index (κ2) is 6.46. The van der Waals surface area contributed by atoms with Crippen LogP contribution in [0.25, 0.3) is 4.85 Å². The van der Waals surface area contributed by atoms with Gasteiger partial charge in [0.25, 0.3) is 0 Å². The van der Waals surface area contributed by atoms with Crippen molar-refractivity contribution in [2.45, 2.75) is 32.4 Å². The number of hydrogen-bond donors (Lipinski definition) is 1. The first-order chi connectivity index (χ1) is 11.5. The number of carbonyl (C=O) groups is 1. The van der Waals surface area contributed by atoms with Crippen LogP contribution >= 0.6 is 11.6 Å². The zero-order valence-electron chi connectivity index (χ0n) is 13.3. The molecule has 1 N–H and O–H groups in total. The fourth-order valence-corrected chi connectivity index (χ4v) is 3.20. The molecule has 1 aromatic carbocycles. The molecule has 0 fully saturated rings. The first kappa shape index (κ1) is 16.2. The van der Waals surface area contributed by atoms with Gasteiger partial charge in [-0.1, -0.05) is 17.7 Å². The highest BCUT2D eigenvalue weighted by Gasteiger charge is 2.32. The van der Waals surface area contributed by atoms with Gasteiger partial charge in [0.1, 0.15) is 11.0 Å². The minimum Gasteiger partial charge on any atom is -0.362 e. The Labute approximate surface area is 145 Å². The van der Waals surface area contributed by atoms with Gasteiger partial charge in [-0.3, -0.25) is 4.79 Å². The van der Waals surface area contributed by atoms with Crippen LogP contribution in [0.1, 0.15) is 31.9 Å². The summed E-state index contributed by atoms with van der Waals surface area (Å²) in [7, 11) is 0. The van der Waals surface area contributed by atoms with Crippen LogP contribution in [0, 0.1) is 6.57 Å². The van der Waals surface area contributed by atoms with Crippen LogP contribution in [0.2, 0.25) is 5.15 Å². The highest BCUT2D eigenvalue weighted by molar-refractivity contribution is 6.29. The van der Waals surface area contributed by atoms with E-state index in [0.717, 1.165) is 11.3 Å².